The second kappa shape index (κ2) is 3.26. The summed E-state index contributed by atoms with van der Waals surface area (Å²) in [5.74, 6) is 0.451. The van der Waals surface area contributed by atoms with Crippen molar-refractivity contribution in [3.63, 3.8) is 0 Å². The lowest BCUT2D eigenvalue weighted by molar-refractivity contribution is 0.576. The molecule has 1 aromatic rings. The number of hydrogen-bond donors (Lipinski definition) is 0. The Morgan fingerprint density at radius 3 is 2.55 bits per heavy atom. The molecule has 3 heteroatoms. The average molecular weight is 173 g/mol. The van der Waals surface area contributed by atoms with Crippen molar-refractivity contribution in [1.82, 2.24) is 9.78 Å². The van der Waals surface area contributed by atoms with Gasteiger partial charge in [-0.15, -0.1) is 11.6 Å². The molecule has 1 aromatic heterocycles. The fourth-order valence-corrected chi connectivity index (χ4v) is 1.21. The van der Waals surface area contributed by atoms with Crippen molar-refractivity contribution in [3.8, 4) is 0 Å². The first kappa shape index (κ1) is 8.60. The lowest BCUT2D eigenvalue weighted by Crippen LogP contribution is -2.05. The van der Waals surface area contributed by atoms with Gasteiger partial charge in [-0.1, -0.05) is 13.8 Å². The van der Waals surface area contributed by atoms with E-state index in [1.807, 2.05) is 17.8 Å². The Balaban J connectivity index is 2.84. The van der Waals surface area contributed by atoms with Gasteiger partial charge in [-0.3, -0.25) is 4.68 Å². The van der Waals surface area contributed by atoms with Gasteiger partial charge in [0.15, 0.2) is 0 Å². The standard InChI is InChI=1S/C8H13ClN2/c1-6(2)8(9)7-4-5-10-11(7)3/h4-6,8H,1-3H3. The third-order valence-corrected chi connectivity index (χ3v) is 2.45. The van der Waals surface area contributed by atoms with Gasteiger partial charge >= 0.3 is 0 Å². The lowest BCUT2D eigenvalue weighted by atomic mass is 10.1. The Bertz CT molecular complexity index is 230. The summed E-state index contributed by atoms with van der Waals surface area (Å²) in [5, 5.41) is 4.12. The van der Waals surface area contributed by atoms with Gasteiger partial charge < -0.3 is 0 Å². The van der Waals surface area contributed by atoms with E-state index in [4.69, 9.17) is 11.6 Å². The first-order valence-corrected chi connectivity index (χ1v) is 4.18. The molecule has 2 nitrogen and oxygen atoms in total. The second-order valence-corrected chi connectivity index (χ2v) is 3.50. The number of aryl methyl sites for hydroxylation is 1. The van der Waals surface area contributed by atoms with Crippen molar-refractivity contribution in [2.45, 2.75) is 19.2 Å². The summed E-state index contributed by atoms with van der Waals surface area (Å²) in [6.45, 7) is 4.20. The zero-order valence-corrected chi connectivity index (χ0v) is 7.84. The summed E-state index contributed by atoms with van der Waals surface area (Å²) in [7, 11) is 1.91. The number of nitrogens with zero attached hydrogens (tertiary/aromatic N) is 2. The van der Waals surface area contributed by atoms with Crippen LogP contribution < -0.4 is 0 Å². The Morgan fingerprint density at radius 1 is 1.55 bits per heavy atom. The summed E-state index contributed by atoms with van der Waals surface area (Å²) in [4.78, 5) is 0. The first-order chi connectivity index (χ1) is 5.13. The van der Waals surface area contributed by atoms with Crippen LogP contribution in [0.4, 0.5) is 0 Å². The molecule has 1 heterocycles. The SMILES string of the molecule is CC(C)C(Cl)c1ccnn1C. The third-order valence-electron chi connectivity index (χ3n) is 1.73. The van der Waals surface area contributed by atoms with Crippen molar-refractivity contribution in [2.75, 3.05) is 0 Å². The molecular weight excluding hydrogens is 160 g/mol. The summed E-state index contributed by atoms with van der Waals surface area (Å²) in [6, 6.07) is 1.96. The van der Waals surface area contributed by atoms with Crippen LogP contribution in [0.25, 0.3) is 0 Å². The highest BCUT2D eigenvalue weighted by Gasteiger charge is 2.14. The molecule has 1 unspecified atom stereocenters. The maximum absolute atomic E-state index is 6.13. The van der Waals surface area contributed by atoms with Gasteiger partial charge in [0.1, 0.15) is 0 Å². The zero-order chi connectivity index (χ0) is 8.43. The van der Waals surface area contributed by atoms with E-state index in [-0.39, 0.29) is 5.38 Å². The van der Waals surface area contributed by atoms with Crippen LogP contribution in [-0.4, -0.2) is 9.78 Å². The molecule has 0 fully saturated rings. The molecule has 0 spiro atoms. The molecule has 62 valence electrons. The Kier molecular flexibility index (Phi) is 2.55. The lowest BCUT2D eigenvalue weighted by Gasteiger charge is -2.12. The van der Waals surface area contributed by atoms with Crippen LogP contribution in [0.2, 0.25) is 0 Å². The predicted octanol–water partition coefficient (Wildman–Crippen LogP) is 2.36. The van der Waals surface area contributed by atoms with Crippen LogP contribution >= 0.6 is 11.6 Å². The van der Waals surface area contributed by atoms with Crippen molar-refractivity contribution < 1.29 is 0 Å². The molecule has 0 bridgehead atoms. The first-order valence-electron chi connectivity index (χ1n) is 3.75. The number of rotatable bonds is 2. The molecule has 0 aliphatic carbocycles. The van der Waals surface area contributed by atoms with Crippen LogP contribution in [0.3, 0.4) is 0 Å². The van der Waals surface area contributed by atoms with E-state index in [0.717, 1.165) is 5.69 Å². The second-order valence-electron chi connectivity index (χ2n) is 3.03. The van der Waals surface area contributed by atoms with Crippen LogP contribution in [-0.2, 0) is 7.05 Å². The van der Waals surface area contributed by atoms with Crippen molar-refractivity contribution >= 4 is 11.6 Å². The van der Waals surface area contributed by atoms with E-state index in [1.54, 1.807) is 6.20 Å². The van der Waals surface area contributed by atoms with Gasteiger partial charge in [0.2, 0.25) is 0 Å². The Hall–Kier alpha value is -0.500. The largest absolute Gasteiger partial charge is 0.271 e. The summed E-state index contributed by atoms with van der Waals surface area (Å²) >= 11 is 6.13. The van der Waals surface area contributed by atoms with Gasteiger partial charge in [0.25, 0.3) is 0 Å². The molecule has 0 radical (unpaired) electrons. The van der Waals surface area contributed by atoms with Crippen LogP contribution in [0.5, 0.6) is 0 Å². The van der Waals surface area contributed by atoms with Gasteiger partial charge in [0, 0.05) is 13.2 Å². The molecule has 11 heavy (non-hydrogen) atoms. The van der Waals surface area contributed by atoms with Crippen molar-refractivity contribution in [3.05, 3.63) is 18.0 Å². The quantitative estimate of drug-likeness (QED) is 0.627. The van der Waals surface area contributed by atoms with E-state index >= 15 is 0 Å². The molecule has 1 atom stereocenters. The van der Waals surface area contributed by atoms with E-state index in [9.17, 15) is 0 Å². The summed E-state index contributed by atoms with van der Waals surface area (Å²) in [5.41, 5.74) is 1.08. The smallest absolute Gasteiger partial charge is 0.0777 e. The maximum Gasteiger partial charge on any atom is 0.0777 e. The highest BCUT2D eigenvalue weighted by Crippen LogP contribution is 2.27. The Labute approximate surface area is 72.2 Å². The molecule has 0 N–H and O–H groups in total. The third kappa shape index (κ3) is 1.74. The normalized spacial score (nSPS) is 13.9. The summed E-state index contributed by atoms with van der Waals surface area (Å²) in [6.07, 6.45) is 1.77. The van der Waals surface area contributed by atoms with Gasteiger partial charge in [0.05, 0.1) is 11.1 Å². The predicted molar refractivity (Wildman–Crippen MR) is 46.6 cm³/mol. The Morgan fingerprint density at radius 2 is 2.18 bits per heavy atom. The minimum absolute atomic E-state index is 0.0718. The minimum atomic E-state index is 0.0718. The fraction of sp³-hybridized carbons (Fsp3) is 0.625. The van der Waals surface area contributed by atoms with E-state index in [0.29, 0.717) is 5.92 Å². The number of aromatic nitrogens is 2. The highest BCUT2D eigenvalue weighted by atomic mass is 35.5. The molecule has 0 amide bonds. The highest BCUT2D eigenvalue weighted by molar-refractivity contribution is 6.20. The van der Waals surface area contributed by atoms with Crippen molar-refractivity contribution in [2.24, 2.45) is 13.0 Å². The van der Waals surface area contributed by atoms with Crippen LogP contribution in [0.15, 0.2) is 12.3 Å². The average Bonchev–Trinajstić information content (AvgIpc) is 2.33. The van der Waals surface area contributed by atoms with Gasteiger partial charge in [-0.2, -0.15) is 5.10 Å². The van der Waals surface area contributed by atoms with E-state index < -0.39 is 0 Å². The monoisotopic (exact) mass is 172 g/mol. The van der Waals surface area contributed by atoms with Crippen molar-refractivity contribution in [1.29, 1.82) is 0 Å². The molecular formula is C8H13ClN2. The number of halogens is 1. The molecule has 0 aliphatic rings. The molecule has 0 aromatic carbocycles. The van der Waals surface area contributed by atoms with Crippen LogP contribution in [0.1, 0.15) is 24.9 Å². The number of hydrogen-bond acceptors (Lipinski definition) is 1. The van der Waals surface area contributed by atoms with Gasteiger partial charge in [-0.25, -0.2) is 0 Å². The molecule has 0 saturated carbocycles. The van der Waals surface area contributed by atoms with E-state index in [1.165, 1.54) is 0 Å². The fourth-order valence-electron chi connectivity index (χ4n) is 0.996. The minimum Gasteiger partial charge on any atom is -0.271 e. The molecule has 0 saturated heterocycles. The summed E-state index contributed by atoms with van der Waals surface area (Å²) < 4.78 is 1.82. The van der Waals surface area contributed by atoms with E-state index in [2.05, 4.69) is 18.9 Å². The van der Waals surface area contributed by atoms with Crippen LogP contribution in [0, 0.1) is 5.92 Å². The van der Waals surface area contributed by atoms with Gasteiger partial charge in [-0.05, 0) is 12.0 Å². The topological polar surface area (TPSA) is 17.8 Å². The maximum atomic E-state index is 6.13. The molecule has 0 aliphatic heterocycles. The zero-order valence-electron chi connectivity index (χ0n) is 7.08. The number of alkyl halides is 1. The molecule has 1 rings (SSSR count).